The molecule has 0 aromatic heterocycles. The molecule has 0 unspecified atom stereocenters. The molecule has 2 rings (SSSR count). The van der Waals surface area contributed by atoms with Gasteiger partial charge in [0.2, 0.25) is 0 Å². The van der Waals surface area contributed by atoms with Crippen molar-refractivity contribution in [3.63, 3.8) is 0 Å². The van der Waals surface area contributed by atoms with E-state index in [2.05, 4.69) is 33.4 Å². The summed E-state index contributed by atoms with van der Waals surface area (Å²) in [5, 5.41) is 2.87. The van der Waals surface area contributed by atoms with Gasteiger partial charge >= 0.3 is 5.97 Å². The zero-order valence-corrected chi connectivity index (χ0v) is 18.9. The Hall–Kier alpha value is -1.79. The molecule has 1 N–H and O–H groups in total. The third kappa shape index (κ3) is 7.68. The number of rotatable bonds is 9. The molecule has 2 aromatic carbocycles. The average molecular weight is 464 g/mol. The number of carbonyl (C=O) groups excluding carboxylic acids is 2. The van der Waals surface area contributed by atoms with Crippen LogP contribution in [0.2, 0.25) is 0 Å². The normalized spacial score (nSPS) is 11.7. The van der Waals surface area contributed by atoms with E-state index in [0.29, 0.717) is 0 Å². The molecule has 1 atom stereocenters. The maximum absolute atomic E-state index is 12.0. The number of nitrogens with one attached hydrogen (secondary N) is 1. The Labute approximate surface area is 179 Å². The predicted octanol–water partition coefficient (Wildman–Crippen LogP) is 4.84. The van der Waals surface area contributed by atoms with Crippen LogP contribution in [-0.4, -0.2) is 30.3 Å². The zero-order chi connectivity index (χ0) is 20.5. The number of benzene rings is 2. The second-order valence-corrected chi connectivity index (χ2v) is 8.68. The SMILES string of the molecule is Cc1cc(SCC(=O)OCC(=O)N[C@@H](C)CCc2ccccc2)c(C)cc1Br. The van der Waals surface area contributed by atoms with Gasteiger partial charge in [-0.1, -0.05) is 46.3 Å². The second kappa shape index (κ2) is 11.3. The van der Waals surface area contributed by atoms with Crippen molar-refractivity contribution in [3.8, 4) is 0 Å². The molecular formula is C22H26BrNO3S. The van der Waals surface area contributed by atoms with Gasteiger partial charge in [-0.25, -0.2) is 0 Å². The van der Waals surface area contributed by atoms with Crippen molar-refractivity contribution in [1.29, 1.82) is 0 Å². The zero-order valence-electron chi connectivity index (χ0n) is 16.5. The summed E-state index contributed by atoms with van der Waals surface area (Å²) in [5.74, 6) is -0.481. The Kier molecular flexibility index (Phi) is 9.06. The van der Waals surface area contributed by atoms with Crippen molar-refractivity contribution >= 4 is 39.6 Å². The van der Waals surface area contributed by atoms with Crippen LogP contribution in [0.5, 0.6) is 0 Å². The molecule has 0 bridgehead atoms. The summed E-state index contributed by atoms with van der Waals surface area (Å²) < 4.78 is 6.15. The topological polar surface area (TPSA) is 55.4 Å². The van der Waals surface area contributed by atoms with E-state index in [9.17, 15) is 9.59 Å². The molecule has 2 aromatic rings. The fourth-order valence-corrected chi connectivity index (χ4v) is 4.01. The Bertz CT molecular complexity index is 811. The first-order valence-corrected chi connectivity index (χ1v) is 11.0. The van der Waals surface area contributed by atoms with Crippen molar-refractivity contribution in [2.24, 2.45) is 0 Å². The minimum atomic E-state index is -0.392. The van der Waals surface area contributed by atoms with Crippen molar-refractivity contribution in [2.75, 3.05) is 12.4 Å². The number of amides is 1. The molecule has 150 valence electrons. The molecule has 4 nitrogen and oxygen atoms in total. The highest BCUT2D eigenvalue weighted by atomic mass is 79.9. The Balaban J connectivity index is 1.67. The molecule has 0 spiro atoms. The van der Waals surface area contributed by atoms with Gasteiger partial charge in [-0.3, -0.25) is 9.59 Å². The van der Waals surface area contributed by atoms with Gasteiger partial charge in [0, 0.05) is 15.4 Å². The molecule has 6 heteroatoms. The van der Waals surface area contributed by atoms with Crippen molar-refractivity contribution in [1.82, 2.24) is 5.32 Å². The number of hydrogen-bond acceptors (Lipinski definition) is 4. The summed E-state index contributed by atoms with van der Waals surface area (Å²) in [6.45, 7) is 5.72. The van der Waals surface area contributed by atoms with E-state index in [1.165, 1.54) is 17.3 Å². The van der Waals surface area contributed by atoms with Crippen LogP contribution in [0, 0.1) is 13.8 Å². The van der Waals surface area contributed by atoms with Crippen LogP contribution in [-0.2, 0) is 20.7 Å². The van der Waals surface area contributed by atoms with E-state index in [1.54, 1.807) is 0 Å². The van der Waals surface area contributed by atoms with E-state index in [-0.39, 0.29) is 24.3 Å². The van der Waals surface area contributed by atoms with Gasteiger partial charge in [0.15, 0.2) is 6.61 Å². The molecule has 0 aliphatic carbocycles. The van der Waals surface area contributed by atoms with E-state index in [4.69, 9.17) is 4.74 Å². The van der Waals surface area contributed by atoms with E-state index in [0.717, 1.165) is 33.3 Å². The molecule has 0 aliphatic rings. The van der Waals surface area contributed by atoms with Crippen LogP contribution in [0.25, 0.3) is 0 Å². The van der Waals surface area contributed by atoms with Crippen LogP contribution in [0.1, 0.15) is 30.0 Å². The van der Waals surface area contributed by atoms with Crippen LogP contribution in [0.15, 0.2) is 51.8 Å². The van der Waals surface area contributed by atoms with Gasteiger partial charge in [0.25, 0.3) is 5.91 Å². The molecule has 0 saturated heterocycles. The van der Waals surface area contributed by atoms with Crippen molar-refractivity contribution < 1.29 is 14.3 Å². The monoisotopic (exact) mass is 463 g/mol. The first-order valence-electron chi connectivity index (χ1n) is 9.23. The summed E-state index contributed by atoms with van der Waals surface area (Å²) in [6.07, 6.45) is 1.73. The third-order valence-corrected chi connectivity index (χ3v) is 6.27. The smallest absolute Gasteiger partial charge is 0.316 e. The molecule has 0 fully saturated rings. The first kappa shape index (κ1) is 22.5. The molecule has 0 heterocycles. The van der Waals surface area contributed by atoms with Crippen LogP contribution >= 0.6 is 27.7 Å². The van der Waals surface area contributed by atoms with Crippen LogP contribution in [0.3, 0.4) is 0 Å². The summed E-state index contributed by atoms with van der Waals surface area (Å²) in [6, 6.07) is 14.2. The number of thioether (sulfide) groups is 1. The molecule has 0 aliphatic heterocycles. The second-order valence-electron chi connectivity index (χ2n) is 6.81. The van der Waals surface area contributed by atoms with Crippen molar-refractivity contribution in [3.05, 3.63) is 63.6 Å². The van der Waals surface area contributed by atoms with E-state index < -0.39 is 5.97 Å². The first-order chi connectivity index (χ1) is 13.3. The number of carbonyl (C=O) groups is 2. The summed E-state index contributed by atoms with van der Waals surface area (Å²) >= 11 is 4.92. The maximum Gasteiger partial charge on any atom is 0.316 e. The largest absolute Gasteiger partial charge is 0.455 e. The minimum Gasteiger partial charge on any atom is -0.455 e. The van der Waals surface area contributed by atoms with Crippen LogP contribution < -0.4 is 5.32 Å². The minimum absolute atomic E-state index is 0.0224. The molecule has 1 amide bonds. The molecule has 0 radical (unpaired) electrons. The Morgan fingerprint density at radius 3 is 2.57 bits per heavy atom. The van der Waals surface area contributed by atoms with Gasteiger partial charge in [0.05, 0.1) is 5.75 Å². The highest BCUT2D eigenvalue weighted by molar-refractivity contribution is 9.10. The fourth-order valence-electron chi connectivity index (χ4n) is 2.65. The lowest BCUT2D eigenvalue weighted by Crippen LogP contribution is -2.36. The number of aryl methyl sites for hydroxylation is 3. The summed E-state index contributed by atoms with van der Waals surface area (Å²) in [7, 11) is 0. The summed E-state index contributed by atoms with van der Waals surface area (Å²) in [4.78, 5) is 25.0. The van der Waals surface area contributed by atoms with E-state index in [1.807, 2.05) is 51.1 Å². The molecule has 0 saturated carbocycles. The molecular weight excluding hydrogens is 438 g/mol. The van der Waals surface area contributed by atoms with Gasteiger partial charge in [-0.2, -0.15) is 0 Å². The Morgan fingerprint density at radius 1 is 1.14 bits per heavy atom. The van der Waals surface area contributed by atoms with Gasteiger partial charge in [-0.15, -0.1) is 11.8 Å². The number of ether oxygens (including phenoxy) is 1. The van der Waals surface area contributed by atoms with Crippen LogP contribution in [0.4, 0.5) is 0 Å². The number of esters is 1. The van der Waals surface area contributed by atoms with Gasteiger partial charge < -0.3 is 10.1 Å². The highest BCUT2D eigenvalue weighted by Crippen LogP contribution is 2.28. The lowest BCUT2D eigenvalue weighted by molar-refractivity contribution is -0.146. The lowest BCUT2D eigenvalue weighted by Gasteiger charge is -2.14. The predicted molar refractivity (Wildman–Crippen MR) is 118 cm³/mol. The number of hydrogen-bond donors (Lipinski definition) is 1. The van der Waals surface area contributed by atoms with Gasteiger partial charge in [0.1, 0.15) is 0 Å². The van der Waals surface area contributed by atoms with Crippen molar-refractivity contribution in [2.45, 2.75) is 44.6 Å². The van der Waals surface area contributed by atoms with E-state index >= 15 is 0 Å². The lowest BCUT2D eigenvalue weighted by atomic mass is 10.1. The fraction of sp³-hybridized carbons (Fsp3) is 0.364. The number of halogens is 1. The highest BCUT2D eigenvalue weighted by Gasteiger charge is 2.12. The maximum atomic E-state index is 12.0. The quantitative estimate of drug-likeness (QED) is 0.426. The average Bonchev–Trinajstić information content (AvgIpc) is 2.67. The standard InChI is InChI=1S/C22H26BrNO3S/c1-15-12-20(16(2)11-19(15)23)28-14-22(26)27-13-21(25)24-17(3)9-10-18-7-5-4-6-8-18/h4-8,11-12,17H,9-10,13-14H2,1-3H3,(H,24,25)/t17-/m0/s1. The summed E-state index contributed by atoms with van der Waals surface area (Å²) in [5.41, 5.74) is 3.45. The molecule has 28 heavy (non-hydrogen) atoms. The van der Waals surface area contributed by atoms with Gasteiger partial charge in [-0.05, 0) is 62.4 Å². The third-order valence-electron chi connectivity index (χ3n) is 4.28. The Morgan fingerprint density at radius 2 is 1.86 bits per heavy atom.